The van der Waals surface area contributed by atoms with Gasteiger partial charge in [0.1, 0.15) is 5.75 Å². The smallest absolute Gasteiger partial charge is 0.168 e. The van der Waals surface area contributed by atoms with Gasteiger partial charge in [-0.05, 0) is 42.3 Å². The molecule has 0 amide bonds. The van der Waals surface area contributed by atoms with Crippen molar-refractivity contribution in [2.45, 2.75) is 20.3 Å². The second-order valence-electron chi connectivity index (χ2n) is 7.19. The first-order valence-corrected chi connectivity index (χ1v) is 9.55. The third-order valence-corrected chi connectivity index (χ3v) is 5.43. The molecule has 0 fully saturated rings. The lowest BCUT2D eigenvalue weighted by Crippen LogP contribution is -2.20. The van der Waals surface area contributed by atoms with E-state index in [9.17, 15) is 9.90 Å². The normalized spacial score (nSPS) is 18.6. The van der Waals surface area contributed by atoms with Gasteiger partial charge in [-0.25, -0.2) is 0 Å². The van der Waals surface area contributed by atoms with Gasteiger partial charge in [0.05, 0.1) is 11.4 Å². The van der Waals surface area contributed by atoms with E-state index in [0.29, 0.717) is 5.56 Å². The minimum atomic E-state index is -0.0929. The first-order valence-electron chi connectivity index (χ1n) is 9.55. The number of benzene rings is 2. The Bertz CT molecular complexity index is 1070. The number of fused-ring (bicyclic) bond motifs is 1. The molecule has 2 unspecified atom stereocenters. The van der Waals surface area contributed by atoms with Crippen molar-refractivity contribution in [3.8, 4) is 28.1 Å². The topological polar surface area (TPSA) is 62.6 Å². The van der Waals surface area contributed by atoms with Crippen LogP contribution < -0.4 is 0 Å². The summed E-state index contributed by atoms with van der Waals surface area (Å²) in [6.45, 7) is 4.06. The number of aliphatic imine (C=N–C) groups is 1. The van der Waals surface area contributed by atoms with Crippen LogP contribution in [0.25, 0.3) is 22.4 Å². The molecule has 4 nitrogen and oxygen atoms in total. The molecule has 0 radical (unpaired) electrons. The van der Waals surface area contributed by atoms with Gasteiger partial charge in [-0.15, -0.1) is 0 Å². The van der Waals surface area contributed by atoms with E-state index in [1.54, 1.807) is 24.4 Å². The maximum absolute atomic E-state index is 13.1. The van der Waals surface area contributed by atoms with Crippen LogP contribution in [-0.4, -0.2) is 22.1 Å². The molecule has 4 heteroatoms. The van der Waals surface area contributed by atoms with Crippen molar-refractivity contribution in [3.63, 3.8) is 0 Å². The summed E-state index contributed by atoms with van der Waals surface area (Å²) in [5.74, 6) is 0.387. The fourth-order valence-corrected chi connectivity index (χ4v) is 3.74. The predicted octanol–water partition coefficient (Wildman–Crippen LogP) is 5.68. The largest absolute Gasteiger partial charge is 0.508 e. The lowest BCUT2D eigenvalue weighted by Gasteiger charge is -2.16. The molecule has 140 valence electrons. The molecule has 0 saturated heterocycles. The molecular weight excluding hydrogens is 348 g/mol. The Labute approximate surface area is 164 Å². The Morgan fingerprint density at radius 1 is 1.00 bits per heavy atom. The maximum Gasteiger partial charge on any atom is 0.168 e. The Balaban J connectivity index is 1.83. The quantitative estimate of drug-likeness (QED) is 0.645. The number of carbonyl (C=O) groups excluding carboxylic acids is 1. The van der Waals surface area contributed by atoms with E-state index in [2.05, 4.69) is 16.9 Å². The summed E-state index contributed by atoms with van der Waals surface area (Å²) in [6, 6.07) is 16.7. The Morgan fingerprint density at radius 3 is 2.64 bits per heavy atom. The predicted molar refractivity (Wildman–Crippen MR) is 112 cm³/mol. The Kier molecular flexibility index (Phi) is 4.78. The van der Waals surface area contributed by atoms with E-state index in [0.717, 1.165) is 34.5 Å². The van der Waals surface area contributed by atoms with Gasteiger partial charge in [0.2, 0.25) is 0 Å². The lowest BCUT2D eigenvalue weighted by atomic mass is 9.86. The van der Waals surface area contributed by atoms with Crippen molar-refractivity contribution in [1.29, 1.82) is 0 Å². The summed E-state index contributed by atoms with van der Waals surface area (Å²) in [7, 11) is 0. The highest BCUT2D eigenvalue weighted by molar-refractivity contribution is 6.06. The number of hydrogen-bond acceptors (Lipinski definition) is 4. The number of aromatic hydroxyl groups is 1. The average Bonchev–Trinajstić information content (AvgIpc) is 2.84. The van der Waals surface area contributed by atoms with Gasteiger partial charge in [-0.3, -0.25) is 14.8 Å². The number of phenols is 1. The van der Waals surface area contributed by atoms with Crippen LogP contribution in [0.15, 0.2) is 65.8 Å². The van der Waals surface area contributed by atoms with Crippen molar-refractivity contribution in [3.05, 3.63) is 66.4 Å². The van der Waals surface area contributed by atoms with Crippen LogP contribution in [0.1, 0.15) is 30.6 Å². The number of ketones is 1. The first-order chi connectivity index (χ1) is 13.6. The zero-order valence-corrected chi connectivity index (χ0v) is 16.0. The summed E-state index contributed by atoms with van der Waals surface area (Å²) in [5.41, 5.74) is 4.80. The molecule has 0 aliphatic carbocycles. The van der Waals surface area contributed by atoms with Crippen molar-refractivity contribution in [1.82, 2.24) is 4.98 Å². The molecule has 0 saturated carbocycles. The van der Waals surface area contributed by atoms with Crippen LogP contribution in [0.4, 0.5) is 5.69 Å². The Morgan fingerprint density at radius 2 is 1.86 bits per heavy atom. The van der Waals surface area contributed by atoms with Crippen LogP contribution >= 0.6 is 0 Å². The number of aromatic nitrogens is 1. The highest BCUT2D eigenvalue weighted by Crippen LogP contribution is 2.36. The van der Waals surface area contributed by atoms with Crippen molar-refractivity contribution in [2.24, 2.45) is 16.8 Å². The first kappa shape index (κ1) is 18.1. The van der Waals surface area contributed by atoms with E-state index in [1.165, 1.54) is 0 Å². The summed E-state index contributed by atoms with van der Waals surface area (Å²) in [4.78, 5) is 22.2. The Hall–Kier alpha value is -3.27. The summed E-state index contributed by atoms with van der Waals surface area (Å²) < 4.78 is 0. The maximum atomic E-state index is 13.1. The van der Waals surface area contributed by atoms with E-state index < -0.39 is 0 Å². The third-order valence-electron chi connectivity index (χ3n) is 5.43. The second kappa shape index (κ2) is 7.39. The molecule has 2 aromatic carbocycles. The van der Waals surface area contributed by atoms with Gasteiger partial charge in [0.25, 0.3) is 0 Å². The van der Waals surface area contributed by atoms with Crippen molar-refractivity contribution >= 4 is 17.7 Å². The van der Waals surface area contributed by atoms with Crippen LogP contribution in [0.5, 0.6) is 5.75 Å². The molecule has 0 spiro atoms. The van der Waals surface area contributed by atoms with Crippen LogP contribution in [0.3, 0.4) is 0 Å². The molecule has 28 heavy (non-hydrogen) atoms. The van der Waals surface area contributed by atoms with Gasteiger partial charge >= 0.3 is 0 Å². The molecule has 1 aliphatic rings. The van der Waals surface area contributed by atoms with E-state index >= 15 is 0 Å². The third kappa shape index (κ3) is 3.22. The van der Waals surface area contributed by atoms with Crippen LogP contribution in [-0.2, 0) is 0 Å². The number of nitrogens with zero attached hydrogens (tertiary/aromatic N) is 2. The van der Waals surface area contributed by atoms with Crippen LogP contribution in [0.2, 0.25) is 0 Å². The highest BCUT2D eigenvalue weighted by Gasteiger charge is 2.27. The standard InChI is InChI=1S/C24H22N2O2/c1-3-16-14-26-22-10-9-17(13-21(22)24(28)15(16)2)20-8-5-11-25-23(20)18-6-4-7-19(27)12-18/h4-16,27H,3H2,1-2H3. The van der Waals surface area contributed by atoms with E-state index in [4.69, 9.17) is 0 Å². The zero-order valence-electron chi connectivity index (χ0n) is 16.0. The summed E-state index contributed by atoms with van der Waals surface area (Å²) in [6.07, 6.45) is 4.54. The van der Waals surface area contributed by atoms with Crippen molar-refractivity contribution in [2.75, 3.05) is 0 Å². The van der Waals surface area contributed by atoms with E-state index in [-0.39, 0.29) is 23.4 Å². The van der Waals surface area contributed by atoms with Gasteiger partial charge in [-0.2, -0.15) is 0 Å². The fourth-order valence-electron chi connectivity index (χ4n) is 3.74. The molecule has 1 aromatic heterocycles. The summed E-state index contributed by atoms with van der Waals surface area (Å²) >= 11 is 0. The number of Topliss-reactive ketones (excluding diaryl/α,β-unsaturated/α-hetero) is 1. The van der Waals surface area contributed by atoms with Gasteiger partial charge < -0.3 is 5.11 Å². The van der Waals surface area contributed by atoms with Crippen LogP contribution in [0, 0.1) is 11.8 Å². The minimum absolute atomic E-state index is 0.0929. The molecule has 2 heterocycles. The highest BCUT2D eigenvalue weighted by atomic mass is 16.3. The molecule has 3 aromatic rings. The molecule has 1 aliphatic heterocycles. The lowest BCUT2D eigenvalue weighted by molar-refractivity contribution is 0.0910. The number of pyridine rings is 1. The van der Waals surface area contributed by atoms with Gasteiger partial charge in [-0.1, -0.05) is 38.1 Å². The second-order valence-corrected chi connectivity index (χ2v) is 7.19. The molecule has 0 bridgehead atoms. The van der Waals surface area contributed by atoms with Gasteiger partial charge in [0.15, 0.2) is 5.78 Å². The number of rotatable bonds is 3. The minimum Gasteiger partial charge on any atom is -0.508 e. The molecular formula is C24H22N2O2. The zero-order chi connectivity index (χ0) is 19.7. The SMILES string of the molecule is CCC1C=Nc2ccc(-c3cccnc3-c3cccc(O)c3)cc2C(=O)C1C. The number of phenolic OH excluding ortho intramolecular Hbond substituents is 1. The number of hydrogen-bond donors (Lipinski definition) is 1. The monoisotopic (exact) mass is 370 g/mol. The molecule has 2 atom stereocenters. The molecule has 4 rings (SSSR count). The average molecular weight is 370 g/mol. The fraction of sp³-hybridized carbons (Fsp3) is 0.208. The van der Waals surface area contributed by atoms with E-state index in [1.807, 2.05) is 49.5 Å². The van der Waals surface area contributed by atoms with Gasteiger partial charge in [0, 0.05) is 40.9 Å². The summed E-state index contributed by atoms with van der Waals surface area (Å²) in [5, 5.41) is 9.85. The molecule has 1 N–H and O–H groups in total. The van der Waals surface area contributed by atoms with Crippen molar-refractivity contribution < 1.29 is 9.90 Å². The number of carbonyl (C=O) groups is 1.